The van der Waals surface area contributed by atoms with Gasteiger partial charge >= 0.3 is 0 Å². The first-order valence-corrected chi connectivity index (χ1v) is 14.1. The van der Waals surface area contributed by atoms with Crippen molar-refractivity contribution in [2.24, 2.45) is 0 Å². The van der Waals surface area contributed by atoms with E-state index in [1.807, 2.05) is 0 Å². The van der Waals surface area contributed by atoms with Crippen molar-refractivity contribution in [2.75, 3.05) is 37.4 Å². The second-order valence-corrected chi connectivity index (χ2v) is 11.0. The number of para-hydroxylation sites is 2. The lowest BCUT2D eigenvalue weighted by Gasteiger charge is -2.20. The summed E-state index contributed by atoms with van der Waals surface area (Å²) in [7, 11) is -4.01. The van der Waals surface area contributed by atoms with Crippen LogP contribution in [0.2, 0.25) is 10.0 Å². The second kappa shape index (κ2) is 13.9. The number of ether oxygens (including phenoxy) is 1. The van der Waals surface area contributed by atoms with Crippen LogP contribution in [-0.2, 0) is 14.8 Å². The van der Waals surface area contributed by atoms with Crippen molar-refractivity contribution in [1.82, 2.24) is 15.5 Å². The Bertz CT molecular complexity index is 1410. The van der Waals surface area contributed by atoms with Crippen molar-refractivity contribution in [3.05, 3.63) is 82.3 Å². The molecule has 13 heteroatoms. The summed E-state index contributed by atoms with van der Waals surface area (Å²) in [5.74, 6) is -0.0850. The van der Waals surface area contributed by atoms with E-state index in [4.69, 9.17) is 27.9 Å². The highest BCUT2D eigenvalue weighted by Crippen LogP contribution is 2.35. The van der Waals surface area contributed by atoms with Crippen LogP contribution in [0.4, 0.5) is 5.69 Å². The van der Waals surface area contributed by atoms with E-state index in [1.54, 1.807) is 41.3 Å². The molecule has 0 atom stereocenters. The maximum absolute atomic E-state index is 13.1. The third-order valence-electron chi connectivity index (χ3n) is 5.76. The van der Waals surface area contributed by atoms with Crippen LogP contribution in [0, 0.1) is 0 Å². The van der Waals surface area contributed by atoms with Gasteiger partial charge in [0.2, 0.25) is 5.91 Å². The van der Waals surface area contributed by atoms with Crippen LogP contribution in [0.1, 0.15) is 16.8 Å². The molecule has 1 aliphatic rings. The molecule has 0 aliphatic carbocycles. The molecule has 0 bridgehead atoms. The van der Waals surface area contributed by atoms with Gasteiger partial charge in [-0.05, 0) is 67.6 Å². The molecule has 0 aromatic heterocycles. The largest absolute Gasteiger partial charge is 0.454 e. The van der Waals surface area contributed by atoms with Crippen molar-refractivity contribution < 1.29 is 22.7 Å². The number of nitrogens with zero attached hydrogens (tertiary/aromatic N) is 1. The summed E-state index contributed by atoms with van der Waals surface area (Å²) < 4.78 is 34.4. The number of rotatable bonds is 8. The number of hydrogen-bond acceptors (Lipinski definition) is 6. The Morgan fingerprint density at radius 3 is 2.44 bits per heavy atom. The first-order chi connectivity index (χ1) is 18.2. The summed E-state index contributed by atoms with van der Waals surface area (Å²) in [4.78, 5) is 26.6. The number of carbonyl (C=O) groups excluding carboxylic acids is 2. The first kappa shape index (κ1) is 30.5. The summed E-state index contributed by atoms with van der Waals surface area (Å²) in [6.07, 6.45) is 0.856. The molecule has 3 aromatic rings. The lowest BCUT2D eigenvalue weighted by molar-refractivity contribution is -0.129. The zero-order valence-electron chi connectivity index (χ0n) is 20.7. The molecule has 0 unspecified atom stereocenters. The Hall–Kier alpha value is -3.02. The SMILES string of the molecule is Cl.O=C(NCC(=O)N1CCCNCC1)c1ccc(S(=O)(=O)Nc2ccccc2Oc2ccc(Cl)cc2Cl)cc1. The van der Waals surface area contributed by atoms with Gasteiger partial charge in [-0.1, -0.05) is 35.3 Å². The van der Waals surface area contributed by atoms with Gasteiger partial charge in [0.15, 0.2) is 5.75 Å². The van der Waals surface area contributed by atoms with Crippen LogP contribution in [0.25, 0.3) is 0 Å². The highest BCUT2D eigenvalue weighted by Gasteiger charge is 2.19. The normalized spacial score (nSPS) is 13.5. The molecule has 3 aromatic carbocycles. The van der Waals surface area contributed by atoms with Crippen LogP contribution in [0.5, 0.6) is 11.5 Å². The van der Waals surface area contributed by atoms with Crippen molar-refractivity contribution in [2.45, 2.75) is 11.3 Å². The minimum Gasteiger partial charge on any atom is -0.454 e. The van der Waals surface area contributed by atoms with Crippen molar-refractivity contribution in [1.29, 1.82) is 0 Å². The van der Waals surface area contributed by atoms with E-state index in [2.05, 4.69) is 15.4 Å². The monoisotopic (exact) mass is 612 g/mol. The highest BCUT2D eigenvalue weighted by atomic mass is 35.5. The van der Waals surface area contributed by atoms with E-state index in [1.165, 1.54) is 30.3 Å². The second-order valence-electron chi connectivity index (χ2n) is 8.47. The van der Waals surface area contributed by atoms with Gasteiger partial charge in [-0.15, -0.1) is 12.4 Å². The van der Waals surface area contributed by atoms with Crippen molar-refractivity contribution in [3.63, 3.8) is 0 Å². The van der Waals surface area contributed by atoms with E-state index >= 15 is 0 Å². The minimum absolute atomic E-state index is 0. The minimum atomic E-state index is -4.01. The average molecular weight is 614 g/mol. The summed E-state index contributed by atoms with van der Waals surface area (Å²) in [6.45, 7) is 2.68. The molecule has 208 valence electrons. The number of amides is 2. The van der Waals surface area contributed by atoms with Gasteiger partial charge in [0.05, 0.1) is 22.2 Å². The van der Waals surface area contributed by atoms with Gasteiger partial charge < -0.3 is 20.3 Å². The molecule has 0 saturated carbocycles. The summed E-state index contributed by atoms with van der Waals surface area (Å²) >= 11 is 12.1. The number of hydrogen-bond donors (Lipinski definition) is 3. The van der Waals surface area contributed by atoms with Crippen LogP contribution in [-0.4, -0.2) is 57.9 Å². The van der Waals surface area contributed by atoms with Crippen molar-refractivity contribution in [3.8, 4) is 11.5 Å². The highest BCUT2D eigenvalue weighted by molar-refractivity contribution is 7.92. The van der Waals surface area contributed by atoms with E-state index in [0.717, 1.165) is 19.5 Å². The molecule has 1 fully saturated rings. The summed E-state index contributed by atoms with van der Waals surface area (Å²) in [6, 6.07) is 16.6. The fraction of sp³-hybridized carbons (Fsp3) is 0.231. The number of anilines is 1. The topological polar surface area (TPSA) is 117 Å². The standard InChI is InChI=1S/C26H26Cl2N4O5S.ClH/c27-19-8-11-23(21(28)16-19)37-24-5-2-1-4-22(24)31-38(35,36)20-9-6-18(7-10-20)26(34)30-17-25(33)32-14-3-12-29-13-15-32;/h1-2,4-11,16,29,31H,3,12-15,17H2,(H,30,34);1H. The Balaban J connectivity index is 0.00000420. The fourth-order valence-electron chi connectivity index (χ4n) is 3.77. The third kappa shape index (κ3) is 8.23. The molecule has 39 heavy (non-hydrogen) atoms. The molecule has 0 spiro atoms. The van der Waals surface area contributed by atoms with Crippen LogP contribution < -0.4 is 20.1 Å². The van der Waals surface area contributed by atoms with Crippen LogP contribution in [0.3, 0.4) is 0 Å². The lowest BCUT2D eigenvalue weighted by Crippen LogP contribution is -2.41. The van der Waals surface area contributed by atoms with Crippen LogP contribution in [0.15, 0.2) is 71.6 Å². The third-order valence-corrected chi connectivity index (χ3v) is 7.68. The molecule has 3 N–H and O–H groups in total. The van der Waals surface area contributed by atoms with Gasteiger partial charge in [0.25, 0.3) is 15.9 Å². The lowest BCUT2D eigenvalue weighted by atomic mass is 10.2. The summed E-state index contributed by atoms with van der Waals surface area (Å²) in [5.41, 5.74) is 0.429. The Kier molecular flexibility index (Phi) is 10.8. The smallest absolute Gasteiger partial charge is 0.262 e. The first-order valence-electron chi connectivity index (χ1n) is 11.8. The van der Waals surface area contributed by atoms with Gasteiger partial charge in [-0.3, -0.25) is 14.3 Å². The molecule has 9 nitrogen and oxygen atoms in total. The zero-order valence-corrected chi connectivity index (χ0v) is 23.8. The maximum Gasteiger partial charge on any atom is 0.262 e. The Morgan fingerprint density at radius 2 is 1.69 bits per heavy atom. The quantitative estimate of drug-likeness (QED) is 0.343. The number of sulfonamides is 1. The van der Waals surface area contributed by atoms with E-state index < -0.39 is 15.9 Å². The van der Waals surface area contributed by atoms with E-state index in [9.17, 15) is 18.0 Å². The average Bonchev–Trinajstić information content (AvgIpc) is 3.19. The number of nitrogens with one attached hydrogen (secondary N) is 3. The Labute approximate surface area is 243 Å². The van der Waals surface area contributed by atoms with Crippen molar-refractivity contribution >= 4 is 63.1 Å². The van der Waals surface area contributed by atoms with E-state index in [0.29, 0.717) is 23.9 Å². The molecule has 1 aliphatic heterocycles. The van der Waals surface area contributed by atoms with Gasteiger partial charge in [0.1, 0.15) is 5.75 Å². The predicted molar refractivity (Wildman–Crippen MR) is 154 cm³/mol. The number of benzene rings is 3. The molecular formula is C26H27Cl3N4O5S. The van der Waals surface area contributed by atoms with Crippen LogP contribution >= 0.6 is 35.6 Å². The number of carbonyl (C=O) groups is 2. The van der Waals surface area contributed by atoms with Gasteiger partial charge in [-0.25, -0.2) is 8.42 Å². The maximum atomic E-state index is 13.1. The van der Waals surface area contributed by atoms with E-state index in [-0.39, 0.29) is 51.8 Å². The molecule has 1 saturated heterocycles. The molecule has 1 heterocycles. The predicted octanol–water partition coefficient (Wildman–Crippen LogP) is 4.56. The molecule has 0 radical (unpaired) electrons. The molecular weight excluding hydrogens is 587 g/mol. The Morgan fingerprint density at radius 1 is 0.949 bits per heavy atom. The molecule has 2 amide bonds. The zero-order chi connectivity index (χ0) is 27.1. The summed E-state index contributed by atoms with van der Waals surface area (Å²) in [5, 5.41) is 6.54. The fourth-order valence-corrected chi connectivity index (χ4v) is 5.29. The molecule has 4 rings (SSSR count). The van der Waals surface area contributed by atoms with Gasteiger partial charge in [0, 0.05) is 30.2 Å². The number of halogens is 3. The van der Waals surface area contributed by atoms with Gasteiger partial charge in [-0.2, -0.15) is 0 Å².